The Morgan fingerprint density at radius 3 is 2.37 bits per heavy atom. The summed E-state index contributed by atoms with van der Waals surface area (Å²) in [6.07, 6.45) is -5.11. The molecule has 0 aliphatic carbocycles. The summed E-state index contributed by atoms with van der Waals surface area (Å²) in [5, 5.41) is 20.5. The first-order chi connectivity index (χ1) is 8.68. The van der Waals surface area contributed by atoms with Crippen molar-refractivity contribution in [3.8, 4) is 0 Å². The summed E-state index contributed by atoms with van der Waals surface area (Å²) in [5.41, 5.74) is -1.55. The molecular formula is C12H14F3NO3. The van der Waals surface area contributed by atoms with Crippen LogP contribution in [-0.2, 0) is 6.18 Å². The predicted octanol–water partition coefficient (Wildman–Crippen LogP) is 3.49. The van der Waals surface area contributed by atoms with Crippen molar-refractivity contribution in [2.24, 2.45) is 0 Å². The molecule has 0 heterocycles. The minimum atomic E-state index is -4.63. The molecule has 0 radical (unpaired) electrons. The lowest BCUT2D eigenvalue weighted by Crippen LogP contribution is -2.16. The smallest absolute Gasteiger partial charge is 0.393 e. The molecule has 0 aliphatic rings. The Morgan fingerprint density at radius 2 is 2.00 bits per heavy atom. The molecule has 0 saturated heterocycles. The lowest BCUT2D eigenvalue weighted by Gasteiger charge is -2.19. The van der Waals surface area contributed by atoms with Crippen LogP contribution in [0.5, 0.6) is 0 Å². The van der Waals surface area contributed by atoms with E-state index in [2.05, 4.69) is 0 Å². The van der Waals surface area contributed by atoms with Crippen LogP contribution in [0.15, 0.2) is 18.2 Å². The Labute approximate surface area is 108 Å². The van der Waals surface area contributed by atoms with Gasteiger partial charge in [-0.25, -0.2) is 0 Å². The van der Waals surface area contributed by atoms with Gasteiger partial charge >= 0.3 is 6.18 Å². The van der Waals surface area contributed by atoms with Crippen molar-refractivity contribution in [3.63, 3.8) is 0 Å². The van der Waals surface area contributed by atoms with Gasteiger partial charge in [-0.1, -0.05) is 13.0 Å². The molecule has 106 valence electrons. The summed E-state index contributed by atoms with van der Waals surface area (Å²) >= 11 is 0. The molecule has 0 spiro atoms. The fraction of sp³-hybridized carbons (Fsp3) is 0.500. The minimum absolute atomic E-state index is 0.121. The van der Waals surface area contributed by atoms with Crippen molar-refractivity contribution in [2.75, 3.05) is 0 Å². The molecule has 1 aromatic carbocycles. The van der Waals surface area contributed by atoms with Crippen LogP contribution in [0.3, 0.4) is 0 Å². The molecule has 7 heteroatoms. The zero-order valence-electron chi connectivity index (χ0n) is 10.4. The maximum absolute atomic E-state index is 12.5. The SMILES string of the molecule is CCC(c1ccc(C(F)(F)F)cc1[N+](=O)[O-])C(C)O. The number of hydrogen-bond donors (Lipinski definition) is 1. The van der Waals surface area contributed by atoms with E-state index in [9.17, 15) is 28.4 Å². The monoisotopic (exact) mass is 277 g/mol. The standard InChI is InChI=1S/C12H14F3NO3/c1-3-9(7(2)17)10-5-4-8(12(13,14)15)6-11(10)16(18)19/h4-7,9,17H,3H2,1-2H3. The first-order valence-corrected chi connectivity index (χ1v) is 5.72. The Kier molecular flexibility index (Phi) is 4.52. The molecule has 2 atom stereocenters. The van der Waals surface area contributed by atoms with E-state index in [1.807, 2.05) is 0 Å². The summed E-state index contributed by atoms with van der Waals surface area (Å²) in [6, 6.07) is 2.38. The number of nitrogens with zero attached hydrogens (tertiary/aromatic N) is 1. The summed E-state index contributed by atoms with van der Waals surface area (Å²) in [5.74, 6) is -0.567. The van der Waals surface area contributed by atoms with E-state index in [4.69, 9.17) is 0 Å². The molecule has 0 fully saturated rings. The van der Waals surface area contributed by atoms with E-state index in [-0.39, 0.29) is 5.56 Å². The van der Waals surface area contributed by atoms with Crippen molar-refractivity contribution < 1.29 is 23.2 Å². The number of hydrogen-bond acceptors (Lipinski definition) is 3. The molecule has 1 rings (SSSR count). The lowest BCUT2D eigenvalue weighted by atomic mass is 9.89. The van der Waals surface area contributed by atoms with Gasteiger partial charge in [0.15, 0.2) is 0 Å². The van der Waals surface area contributed by atoms with Gasteiger partial charge in [0.1, 0.15) is 0 Å². The summed E-state index contributed by atoms with van der Waals surface area (Å²) in [4.78, 5) is 10.0. The van der Waals surface area contributed by atoms with Gasteiger partial charge in [0.05, 0.1) is 16.6 Å². The van der Waals surface area contributed by atoms with E-state index in [0.29, 0.717) is 12.5 Å². The highest BCUT2D eigenvalue weighted by molar-refractivity contribution is 5.46. The van der Waals surface area contributed by atoms with Gasteiger partial charge in [0.25, 0.3) is 5.69 Å². The molecule has 19 heavy (non-hydrogen) atoms. The second kappa shape index (κ2) is 5.56. The second-order valence-corrected chi connectivity index (χ2v) is 4.28. The van der Waals surface area contributed by atoms with Gasteiger partial charge in [-0.05, 0) is 19.4 Å². The highest BCUT2D eigenvalue weighted by Crippen LogP contribution is 2.37. The maximum Gasteiger partial charge on any atom is 0.416 e. The van der Waals surface area contributed by atoms with Crippen LogP contribution >= 0.6 is 0 Å². The molecule has 0 amide bonds. The Bertz CT molecular complexity index is 472. The zero-order chi connectivity index (χ0) is 14.8. The third-order valence-electron chi connectivity index (χ3n) is 2.98. The minimum Gasteiger partial charge on any atom is -0.393 e. The first-order valence-electron chi connectivity index (χ1n) is 5.72. The zero-order valence-corrected chi connectivity index (χ0v) is 10.4. The van der Waals surface area contributed by atoms with Crippen LogP contribution in [0.25, 0.3) is 0 Å². The highest BCUT2D eigenvalue weighted by Gasteiger charge is 2.34. The molecule has 1 aromatic rings. The molecule has 0 aromatic heterocycles. The van der Waals surface area contributed by atoms with Crippen LogP contribution in [0.2, 0.25) is 0 Å². The largest absolute Gasteiger partial charge is 0.416 e. The first kappa shape index (κ1) is 15.4. The van der Waals surface area contributed by atoms with Crippen LogP contribution in [-0.4, -0.2) is 16.1 Å². The van der Waals surface area contributed by atoms with Crippen molar-refractivity contribution in [3.05, 3.63) is 39.4 Å². The number of aliphatic hydroxyl groups is 1. The van der Waals surface area contributed by atoms with Gasteiger partial charge < -0.3 is 5.11 Å². The number of aliphatic hydroxyl groups excluding tert-OH is 1. The molecule has 1 N–H and O–H groups in total. The maximum atomic E-state index is 12.5. The van der Waals surface area contributed by atoms with Gasteiger partial charge in [-0.2, -0.15) is 13.2 Å². The third-order valence-corrected chi connectivity index (χ3v) is 2.98. The second-order valence-electron chi connectivity index (χ2n) is 4.28. The van der Waals surface area contributed by atoms with Crippen molar-refractivity contribution in [1.29, 1.82) is 0 Å². The van der Waals surface area contributed by atoms with E-state index < -0.39 is 34.4 Å². The van der Waals surface area contributed by atoms with Gasteiger partial charge in [-0.15, -0.1) is 0 Å². The number of rotatable bonds is 4. The van der Waals surface area contributed by atoms with Gasteiger partial charge in [0.2, 0.25) is 0 Å². The van der Waals surface area contributed by atoms with Crippen molar-refractivity contribution in [1.82, 2.24) is 0 Å². The Balaban J connectivity index is 3.38. The summed E-state index contributed by atoms with van der Waals surface area (Å²) in [6.45, 7) is 3.16. The quantitative estimate of drug-likeness (QED) is 0.676. The number of nitro benzene ring substituents is 1. The van der Waals surface area contributed by atoms with Crippen molar-refractivity contribution in [2.45, 2.75) is 38.5 Å². The molecular weight excluding hydrogens is 263 g/mol. The van der Waals surface area contributed by atoms with Gasteiger partial charge in [0, 0.05) is 17.5 Å². The highest BCUT2D eigenvalue weighted by atomic mass is 19.4. The topological polar surface area (TPSA) is 63.4 Å². The molecule has 0 bridgehead atoms. The van der Waals surface area contributed by atoms with Crippen LogP contribution in [0.4, 0.5) is 18.9 Å². The number of nitro groups is 1. The van der Waals surface area contributed by atoms with E-state index in [0.717, 1.165) is 12.1 Å². The van der Waals surface area contributed by atoms with Crippen LogP contribution in [0.1, 0.15) is 37.3 Å². The summed E-state index contributed by atoms with van der Waals surface area (Å²) in [7, 11) is 0. The van der Waals surface area contributed by atoms with E-state index >= 15 is 0 Å². The fourth-order valence-corrected chi connectivity index (χ4v) is 2.01. The van der Waals surface area contributed by atoms with Gasteiger partial charge in [-0.3, -0.25) is 10.1 Å². The Morgan fingerprint density at radius 1 is 1.42 bits per heavy atom. The normalized spacial score (nSPS) is 15.1. The number of halogens is 3. The van der Waals surface area contributed by atoms with Crippen molar-refractivity contribution >= 4 is 5.69 Å². The van der Waals surface area contributed by atoms with Crippen LogP contribution in [0, 0.1) is 10.1 Å². The molecule has 0 saturated carbocycles. The lowest BCUT2D eigenvalue weighted by molar-refractivity contribution is -0.386. The van der Waals surface area contributed by atoms with Crippen LogP contribution < -0.4 is 0 Å². The average Bonchev–Trinajstić information content (AvgIpc) is 2.28. The Hall–Kier alpha value is -1.63. The predicted molar refractivity (Wildman–Crippen MR) is 62.8 cm³/mol. The summed E-state index contributed by atoms with van der Waals surface area (Å²) < 4.78 is 37.6. The molecule has 4 nitrogen and oxygen atoms in total. The number of benzene rings is 1. The number of alkyl halides is 3. The van der Waals surface area contributed by atoms with E-state index in [1.165, 1.54) is 6.92 Å². The third kappa shape index (κ3) is 3.44. The molecule has 2 unspecified atom stereocenters. The average molecular weight is 277 g/mol. The van der Waals surface area contributed by atoms with E-state index in [1.54, 1.807) is 6.92 Å². The molecule has 0 aliphatic heterocycles. The fourth-order valence-electron chi connectivity index (χ4n) is 2.01.